The molecule has 2 aromatic heterocycles. The molecule has 3 N–H and O–H groups in total. The van der Waals surface area contributed by atoms with E-state index in [1.165, 1.54) is 0 Å². The van der Waals surface area contributed by atoms with Crippen molar-refractivity contribution in [3.8, 4) is 0 Å². The zero-order chi connectivity index (χ0) is 14.3. The fourth-order valence-electron chi connectivity index (χ4n) is 2.46. The molecule has 108 valence electrons. The average Bonchev–Trinajstić information content (AvgIpc) is 3.00. The molecule has 0 amide bonds. The Morgan fingerprint density at radius 2 is 2.30 bits per heavy atom. The first-order valence-corrected chi connectivity index (χ1v) is 6.47. The molecule has 0 saturated carbocycles. The highest BCUT2D eigenvalue weighted by Gasteiger charge is 2.35. The van der Waals surface area contributed by atoms with Crippen molar-refractivity contribution in [2.45, 2.75) is 31.8 Å². The van der Waals surface area contributed by atoms with E-state index in [0.717, 1.165) is 0 Å². The van der Waals surface area contributed by atoms with Crippen molar-refractivity contribution in [1.29, 1.82) is 0 Å². The highest BCUT2D eigenvalue weighted by atomic mass is 16.5. The third-order valence-corrected chi connectivity index (χ3v) is 3.46. The summed E-state index contributed by atoms with van der Waals surface area (Å²) in [6.07, 6.45) is 0.384. The summed E-state index contributed by atoms with van der Waals surface area (Å²) in [4.78, 5) is 13.0. The van der Waals surface area contributed by atoms with Gasteiger partial charge in [0.05, 0.1) is 19.0 Å². The monoisotopic (exact) mass is 279 g/mol. The number of fused-ring (bicyclic) bond motifs is 1. The lowest BCUT2D eigenvalue weighted by Crippen LogP contribution is -2.24. The standard InChI is InChI=1S/C12H17N5O3/c1-6-15-11(13-2)10-12(16-6)17(5-14-10)9-3-7(19)8(4-18)20-9/h5,7-9,18-19H,3-4H2,1-2H3,(H,13,15,16)/t7-,8+,9+/m0/s1. The van der Waals surface area contributed by atoms with Gasteiger partial charge in [-0.25, -0.2) is 15.0 Å². The van der Waals surface area contributed by atoms with E-state index in [1.54, 1.807) is 24.9 Å². The molecule has 3 rings (SSSR count). The van der Waals surface area contributed by atoms with E-state index >= 15 is 0 Å². The highest BCUT2D eigenvalue weighted by Crippen LogP contribution is 2.31. The van der Waals surface area contributed by atoms with Gasteiger partial charge < -0.3 is 20.3 Å². The van der Waals surface area contributed by atoms with Crippen molar-refractivity contribution in [1.82, 2.24) is 19.5 Å². The largest absolute Gasteiger partial charge is 0.394 e. The van der Waals surface area contributed by atoms with Crippen LogP contribution < -0.4 is 5.32 Å². The number of aliphatic hydroxyl groups is 2. The summed E-state index contributed by atoms with van der Waals surface area (Å²) < 4.78 is 7.40. The zero-order valence-corrected chi connectivity index (χ0v) is 11.3. The average molecular weight is 279 g/mol. The summed E-state index contributed by atoms with van der Waals surface area (Å²) in [6.45, 7) is 1.60. The van der Waals surface area contributed by atoms with Crippen LogP contribution in [0.15, 0.2) is 6.33 Å². The molecular weight excluding hydrogens is 262 g/mol. The van der Waals surface area contributed by atoms with Gasteiger partial charge in [-0.3, -0.25) is 4.57 Å². The Kier molecular flexibility index (Phi) is 3.28. The molecule has 0 spiro atoms. The maximum absolute atomic E-state index is 9.82. The van der Waals surface area contributed by atoms with E-state index in [4.69, 9.17) is 9.84 Å². The van der Waals surface area contributed by atoms with Crippen molar-refractivity contribution in [2.24, 2.45) is 0 Å². The van der Waals surface area contributed by atoms with Gasteiger partial charge in [-0.2, -0.15) is 0 Å². The third kappa shape index (κ3) is 2.01. The van der Waals surface area contributed by atoms with Crippen LogP contribution in [0.2, 0.25) is 0 Å². The van der Waals surface area contributed by atoms with Crippen molar-refractivity contribution >= 4 is 17.0 Å². The molecule has 1 aliphatic heterocycles. The summed E-state index contributed by atoms with van der Waals surface area (Å²) in [5.74, 6) is 1.28. The Balaban J connectivity index is 2.03. The van der Waals surface area contributed by atoms with Crippen molar-refractivity contribution < 1.29 is 14.9 Å². The minimum Gasteiger partial charge on any atom is -0.394 e. The molecule has 3 atom stereocenters. The molecule has 1 fully saturated rings. The number of rotatable bonds is 3. The summed E-state index contributed by atoms with van der Waals surface area (Å²) >= 11 is 0. The van der Waals surface area contributed by atoms with E-state index in [1.807, 2.05) is 0 Å². The smallest absolute Gasteiger partial charge is 0.167 e. The van der Waals surface area contributed by atoms with Gasteiger partial charge in [0.25, 0.3) is 0 Å². The maximum Gasteiger partial charge on any atom is 0.167 e. The summed E-state index contributed by atoms with van der Waals surface area (Å²) in [5.41, 5.74) is 1.31. The molecule has 2 aromatic rings. The lowest BCUT2D eigenvalue weighted by atomic mass is 10.2. The van der Waals surface area contributed by atoms with Gasteiger partial charge in [0.2, 0.25) is 0 Å². The third-order valence-electron chi connectivity index (χ3n) is 3.46. The van der Waals surface area contributed by atoms with Crippen LogP contribution in [0.4, 0.5) is 5.82 Å². The maximum atomic E-state index is 9.82. The molecule has 20 heavy (non-hydrogen) atoms. The second-order valence-corrected chi connectivity index (χ2v) is 4.81. The quantitative estimate of drug-likeness (QED) is 0.715. The lowest BCUT2D eigenvalue weighted by Gasteiger charge is -2.13. The summed E-state index contributed by atoms with van der Waals surface area (Å²) in [6, 6.07) is 0. The number of aliphatic hydroxyl groups excluding tert-OH is 2. The van der Waals surface area contributed by atoms with Gasteiger partial charge >= 0.3 is 0 Å². The summed E-state index contributed by atoms with van der Waals surface area (Å²) in [5, 5.41) is 22.0. The Morgan fingerprint density at radius 3 is 2.95 bits per heavy atom. The SMILES string of the molecule is CNc1nc(C)nc2c1ncn2[C@H]1C[C@H](O)[C@@H](CO)O1. The van der Waals surface area contributed by atoms with Crippen LogP contribution in [0.5, 0.6) is 0 Å². The first-order chi connectivity index (χ1) is 9.63. The minimum atomic E-state index is -0.686. The first kappa shape index (κ1) is 13.2. The van der Waals surface area contributed by atoms with E-state index in [2.05, 4.69) is 20.3 Å². The second kappa shape index (κ2) is 4.97. The molecule has 0 unspecified atom stereocenters. The minimum absolute atomic E-state index is 0.208. The second-order valence-electron chi connectivity index (χ2n) is 4.81. The normalized spacial score (nSPS) is 26.3. The molecule has 0 aromatic carbocycles. The highest BCUT2D eigenvalue weighted by molar-refractivity contribution is 5.82. The number of aromatic nitrogens is 4. The van der Waals surface area contributed by atoms with Crippen LogP contribution in [-0.2, 0) is 4.74 Å². The molecule has 0 radical (unpaired) electrons. The van der Waals surface area contributed by atoms with Crippen LogP contribution in [0, 0.1) is 6.92 Å². The van der Waals surface area contributed by atoms with Crippen molar-refractivity contribution in [3.63, 3.8) is 0 Å². The molecular formula is C12H17N5O3. The Morgan fingerprint density at radius 1 is 1.50 bits per heavy atom. The van der Waals surface area contributed by atoms with Crippen molar-refractivity contribution in [2.75, 3.05) is 19.0 Å². The van der Waals surface area contributed by atoms with Crippen LogP contribution in [0.25, 0.3) is 11.2 Å². The predicted molar refractivity (Wildman–Crippen MR) is 71.2 cm³/mol. The number of ether oxygens (including phenoxy) is 1. The predicted octanol–water partition coefficient (Wildman–Crippen LogP) is -0.183. The van der Waals surface area contributed by atoms with E-state index in [-0.39, 0.29) is 12.8 Å². The Bertz CT molecular complexity index is 629. The summed E-state index contributed by atoms with van der Waals surface area (Å²) in [7, 11) is 1.78. The number of hydrogen-bond donors (Lipinski definition) is 3. The van der Waals surface area contributed by atoms with Gasteiger partial charge in [-0.15, -0.1) is 0 Å². The number of nitrogens with one attached hydrogen (secondary N) is 1. The van der Waals surface area contributed by atoms with Gasteiger partial charge in [0.1, 0.15) is 18.2 Å². The van der Waals surface area contributed by atoms with E-state index < -0.39 is 12.2 Å². The van der Waals surface area contributed by atoms with E-state index in [9.17, 15) is 5.11 Å². The van der Waals surface area contributed by atoms with Gasteiger partial charge in [-0.05, 0) is 6.92 Å². The molecule has 1 saturated heterocycles. The first-order valence-electron chi connectivity index (χ1n) is 6.47. The lowest BCUT2D eigenvalue weighted by molar-refractivity contribution is -0.0432. The number of aryl methyl sites for hydroxylation is 1. The van der Waals surface area contributed by atoms with Crippen LogP contribution in [-0.4, -0.2) is 55.6 Å². The van der Waals surface area contributed by atoms with E-state index in [0.29, 0.717) is 29.2 Å². The fourth-order valence-corrected chi connectivity index (χ4v) is 2.46. The van der Waals surface area contributed by atoms with Crippen LogP contribution >= 0.6 is 0 Å². The molecule has 0 aliphatic carbocycles. The topological polar surface area (TPSA) is 105 Å². The van der Waals surface area contributed by atoms with Crippen LogP contribution in [0.1, 0.15) is 18.5 Å². The number of hydrogen-bond acceptors (Lipinski definition) is 7. The molecule has 8 heteroatoms. The van der Waals surface area contributed by atoms with Crippen LogP contribution in [0.3, 0.4) is 0 Å². The Hall–Kier alpha value is -1.77. The van der Waals surface area contributed by atoms with Gasteiger partial charge in [-0.1, -0.05) is 0 Å². The molecule has 3 heterocycles. The zero-order valence-electron chi connectivity index (χ0n) is 11.3. The van der Waals surface area contributed by atoms with Crippen molar-refractivity contribution in [3.05, 3.63) is 12.2 Å². The Labute approximate surface area is 115 Å². The van der Waals surface area contributed by atoms with Gasteiger partial charge in [0, 0.05) is 13.5 Å². The number of imidazole rings is 1. The molecule has 8 nitrogen and oxygen atoms in total. The van der Waals surface area contributed by atoms with Gasteiger partial charge in [0.15, 0.2) is 17.0 Å². The molecule has 1 aliphatic rings. The molecule has 0 bridgehead atoms. The number of anilines is 1. The number of nitrogens with zero attached hydrogens (tertiary/aromatic N) is 4. The fraction of sp³-hybridized carbons (Fsp3) is 0.583.